The third kappa shape index (κ3) is 4.77. The summed E-state index contributed by atoms with van der Waals surface area (Å²) < 4.78 is 15.3. The molecule has 0 bridgehead atoms. The molecular formula is C16H16N2O6S. The van der Waals surface area contributed by atoms with Gasteiger partial charge in [0.25, 0.3) is 11.8 Å². The number of carbonyl (C=O) groups excluding carboxylic acids is 3. The molecule has 0 aromatic heterocycles. The van der Waals surface area contributed by atoms with Crippen molar-refractivity contribution in [2.24, 2.45) is 0 Å². The lowest BCUT2D eigenvalue weighted by Gasteiger charge is -2.16. The Balaban J connectivity index is 2.19. The van der Waals surface area contributed by atoms with Crippen LogP contribution in [-0.4, -0.2) is 43.2 Å². The molecule has 0 atom stereocenters. The second-order valence-electron chi connectivity index (χ2n) is 4.80. The van der Waals surface area contributed by atoms with Gasteiger partial charge >= 0.3 is 5.97 Å². The number of amides is 2. The molecule has 1 aliphatic heterocycles. The number of carbonyl (C=O) groups is 3. The number of thiocarbonyl (C=S) groups is 1. The smallest absolute Gasteiger partial charge is 0.344 e. The molecule has 0 saturated carbocycles. The average molecular weight is 364 g/mol. The Kier molecular flexibility index (Phi) is 6.07. The summed E-state index contributed by atoms with van der Waals surface area (Å²) in [5, 5.41) is 4.66. The molecule has 132 valence electrons. The SMILES string of the molecule is CCOC(=O)COc1ccc(C=C2C(=O)NC(=S)NC2=O)cc1OC. The van der Waals surface area contributed by atoms with E-state index in [2.05, 4.69) is 10.6 Å². The Labute approximate surface area is 149 Å². The third-order valence-corrected chi connectivity index (χ3v) is 3.30. The van der Waals surface area contributed by atoms with E-state index in [1.807, 2.05) is 0 Å². The number of esters is 1. The summed E-state index contributed by atoms with van der Waals surface area (Å²) in [6.45, 7) is 1.71. The minimum atomic E-state index is -0.588. The summed E-state index contributed by atoms with van der Waals surface area (Å²) in [4.78, 5) is 35.0. The highest BCUT2D eigenvalue weighted by Gasteiger charge is 2.25. The van der Waals surface area contributed by atoms with E-state index in [9.17, 15) is 14.4 Å². The molecule has 1 fully saturated rings. The second kappa shape index (κ2) is 8.25. The lowest BCUT2D eigenvalue weighted by atomic mass is 10.1. The van der Waals surface area contributed by atoms with Crippen LogP contribution in [-0.2, 0) is 19.1 Å². The number of nitrogens with one attached hydrogen (secondary N) is 2. The van der Waals surface area contributed by atoms with Crippen molar-refractivity contribution < 1.29 is 28.6 Å². The number of rotatable bonds is 6. The molecule has 0 aliphatic carbocycles. The molecule has 2 N–H and O–H groups in total. The summed E-state index contributed by atoms with van der Waals surface area (Å²) >= 11 is 4.74. The lowest BCUT2D eigenvalue weighted by molar-refractivity contribution is -0.145. The van der Waals surface area contributed by atoms with Crippen LogP contribution in [0.1, 0.15) is 12.5 Å². The van der Waals surface area contributed by atoms with E-state index >= 15 is 0 Å². The number of ether oxygens (including phenoxy) is 3. The van der Waals surface area contributed by atoms with Crippen molar-refractivity contribution in [1.82, 2.24) is 10.6 Å². The van der Waals surface area contributed by atoms with Crippen LogP contribution in [0.15, 0.2) is 23.8 Å². The first-order chi connectivity index (χ1) is 11.9. The molecule has 2 rings (SSSR count). The van der Waals surface area contributed by atoms with Gasteiger partial charge in [0, 0.05) is 0 Å². The fourth-order valence-electron chi connectivity index (χ4n) is 2.01. The van der Waals surface area contributed by atoms with E-state index in [0.29, 0.717) is 17.1 Å². The fraction of sp³-hybridized carbons (Fsp3) is 0.250. The Morgan fingerprint density at radius 3 is 2.48 bits per heavy atom. The molecule has 0 unspecified atom stereocenters. The van der Waals surface area contributed by atoms with Crippen molar-refractivity contribution in [2.45, 2.75) is 6.92 Å². The van der Waals surface area contributed by atoms with Gasteiger partial charge in [-0.3, -0.25) is 20.2 Å². The van der Waals surface area contributed by atoms with Crippen molar-refractivity contribution in [3.05, 3.63) is 29.3 Å². The minimum Gasteiger partial charge on any atom is -0.493 e. The molecule has 25 heavy (non-hydrogen) atoms. The number of methoxy groups -OCH3 is 1. The first-order valence-corrected chi connectivity index (χ1v) is 7.70. The van der Waals surface area contributed by atoms with Gasteiger partial charge in [-0.1, -0.05) is 6.07 Å². The maximum Gasteiger partial charge on any atom is 0.344 e. The Bertz CT molecular complexity index is 737. The summed E-state index contributed by atoms with van der Waals surface area (Å²) in [7, 11) is 1.43. The van der Waals surface area contributed by atoms with E-state index in [1.54, 1.807) is 25.1 Å². The molecule has 1 aromatic carbocycles. The van der Waals surface area contributed by atoms with E-state index in [0.717, 1.165) is 0 Å². The predicted octanol–water partition coefficient (Wildman–Crippen LogP) is 0.551. The van der Waals surface area contributed by atoms with Crippen LogP contribution in [0, 0.1) is 0 Å². The van der Waals surface area contributed by atoms with Crippen molar-refractivity contribution in [3.8, 4) is 11.5 Å². The van der Waals surface area contributed by atoms with Gasteiger partial charge in [-0.05, 0) is 42.9 Å². The van der Waals surface area contributed by atoms with Gasteiger partial charge in [-0.2, -0.15) is 0 Å². The molecule has 2 amide bonds. The van der Waals surface area contributed by atoms with Crippen molar-refractivity contribution >= 4 is 41.2 Å². The van der Waals surface area contributed by atoms with Crippen LogP contribution in [0.25, 0.3) is 6.08 Å². The molecule has 9 heteroatoms. The van der Waals surface area contributed by atoms with Crippen LogP contribution in [0.5, 0.6) is 11.5 Å². The molecule has 0 spiro atoms. The van der Waals surface area contributed by atoms with E-state index < -0.39 is 17.8 Å². The van der Waals surface area contributed by atoms with Gasteiger partial charge in [0.05, 0.1) is 13.7 Å². The van der Waals surface area contributed by atoms with Crippen LogP contribution >= 0.6 is 12.2 Å². The van der Waals surface area contributed by atoms with E-state index in [-0.39, 0.29) is 23.9 Å². The largest absolute Gasteiger partial charge is 0.493 e. The molecule has 1 saturated heterocycles. The highest BCUT2D eigenvalue weighted by Crippen LogP contribution is 2.29. The number of benzene rings is 1. The monoisotopic (exact) mass is 364 g/mol. The quantitative estimate of drug-likeness (QED) is 0.329. The second-order valence-corrected chi connectivity index (χ2v) is 5.21. The molecule has 8 nitrogen and oxygen atoms in total. The first kappa shape index (κ1) is 18.4. The van der Waals surface area contributed by atoms with Crippen molar-refractivity contribution in [1.29, 1.82) is 0 Å². The topological polar surface area (TPSA) is 103 Å². The molecule has 0 radical (unpaired) electrons. The van der Waals surface area contributed by atoms with Crippen LogP contribution in [0.4, 0.5) is 0 Å². The molecular weight excluding hydrogens is 348 g/mol. The molecule has 1 aliphatic rings. The highest BCUT2D eigenvalue weighted by atomic mass is 32.1. The van der Waals surface area contributed by atoms with E-state index in [4.69, 9.17) is 26.4 Å². The highest BCUT2D eigenvalue weighted by molar-refractivity contribution is 7.80. The standard InChI is InChI=1S/C16H16N2O6S/c1-3-23-13(19)8-24-11-5-4-9(7-12(11)22-2)6-10-14(20)17-16(25)18-15(10)21/h4-7H,3,8H2,1-2H3,(H2,17,18,20,21,25). The zero-order chi connectivity index (χ0) is 18.4. The van der Waals surface area contributed by atoms with Crippen molar-refractivity contribution in [3.63, 3.8) is 0 Å². The third-order valence-electron chi connectivity index (χ3n) is 3.09. The molecule has 1 heterocycles. The molecule has 1 aromatic rings. The van der Waals surface area contributed by atoms with Crippen LogP contribution < -0.4 is 20.1 Å². The Morgan fingerprint density at radius 1 is 1.20 bits per heavy atom. The van der Waals surface area contributed by atoms with Gasteiger partial charge in [-0.25, -0.2) is 4.79 Å². The first-order valence-electron chi connectivity index (χ1n) is 7.29. The van der Waals surface area contributed by atoms with Gasteiger partial charge in [-0.15, -0.1) is 0 Å². The number of hydrogen-bond acceptors (Lipinski definition) is 7. The number of hydrogen-bond donors (Lipinski definition) is 2. The van der Waals surface area contributed by atoms with Gasteiger partial charge < -0.3 is 14.2 Å². The van der Waals surface area contributed by atoms with Crippen molar-refractivity contribution in [2.75, 3.05) is 20.3 Å². The maximum atomic E-state index is 11.8. The predicted molar refractivity (Wildman–Crippen MR) is 92.0 cm³/mol. The zero-order valence-corrected chi connectivity index (χ0v) is 14.4. The lowest BCUT2D eigenvalue weighted by Crippen LogP contribution is -2.51. The van der Waals surface area contributed by atoms with Crippen LogP contribution in [0.2, 0.25) is 0 Å². The van der Waals surface area contributed by atoms with E-state index in [1.165, 1.54) is 13.2 Å². The fourth-order valence-corrected chi connectivity index (χ4v) is 2.19. The minimum absolute atomic E-state index is 0.0348. The van der Waals surface area contributed by atoms with Gasteiger partial charge in [0.15, 0.2) is 23.2 Å². The van der Waals surface area contributed by atoms with Gasteiger partial charge in [0.2, 0.25) is 0 Å². The summed E-state index contributed by atoms with van der Waals surface area (Å²) in [5.41, 5.74) is 0.448. The normalized spacial score (nSPS) is 13.7. The zero-order valence-electron chi connectivity index (χ0n) is 13.6. The van der Waals surface area contributed by atoms with Gasteiger partial charge in [0.1, 0.15) is 5.57 Å². The maximum absolute atomic E-state index is 11.8. The van der Waals surface area contributed by atoms with Crippen LogP contribution in [0.3, 0.4) is 0 Å². The summed E-state index contributed by atoms with van der Waals surface area (Å²) in [6.07, 6.45) is 1.39. The Morgan fingerprint density at radius 2 is 1.88 bits per heavy atom. The average Bonchev–Trinajstić information content (AvgIpc) is 2.56. The summed E-state index contributed by atoms with van der Waals surface area (Å²) in [5.74, 6) is -1.00. The Hall–Kier alpha value is -2.94. The summed E-state index contributed by atoms with van der Waals surface area (Å²) in [6, 6.07) is 4.75.